The number of rotatable bonds is 2. The largest absolute Gasteiger partial charge is 0.368 e. The molecule has 0 spiro atoms. The molecule has 2 aromatic rings. The lowest BCUT2D eigenvalue weighted by atomic mass is 10.2. The number of amides is 1. The van der Waals surface area contributed by atoms with Gasteiger partial charge in [-0.1, -0.05) is 17.7 Å². The van der Waals surface area contributed by atoms with Gasteiger partial charge in [0, 0.05) is 46.7 Å². The van der Waals surface area contributed by atoms with E-state index in [0.717, 1.165) is 46.2 Å². The maximum atomic E-state index is 12.4. The number of piperazine rings is 1. The second-order valence-electron chi connectivity index (χ2n) is 4.89. The lowest BCUT2D eigenvalue weighted by Crippen LogP contribution is -2.48. The van der Waals surface area contributed by atoms with Gasteiger partial charge in [0.2, 0.25) is 0 Å². The third kappa shape index (κ3) is 3.42. The van der Waals surface area contributed by atoms with Crippen molar-refractivity contribution in [1.82, 2.24) is 4.90 Å². The van der Waals surface area contributed by atoms with E-state index in [0.29, 0.717) is 0 Å². The van der Waals surface area contributed by atoms with Crippen LogP contribution in [0.15, 0.2) is 40.2 Å². The van der Waals surface area contributed by atoms with E-state index < -0.39 is 0 Å². The van der Waals surface area contributed by atoms with Crippen molar-refractivity contribution in [3.8, 4) is 0 Å². The maximum absolute atomic E-state index is 12.4. The van der Waals surface area contributed by atoms with Crippen LogP contribution in [0.25, 0.3) is 0 Å². The maximum Gasteiger partial charge on any atom is 0.264 e. The Morgan fingerprint density at radius 2 is 1.95 bits per heavy atom. The molecule has 1 aromatic carbocycles. The van der Waals surface area contributed by atoms with Gasteiger partial charge in [0.1, 0.15) is 0 Å². The Balaban J connectivity index is 1.64. The SMILES string of the molecule is O=C(c1cc(Br)cs1)N1CCN(c2cccc(Cl)c2)CC1. The van der Waals surface area contributed by atoms with Gasteiger partial charge in [-0.05, 0) is 40.2 Å². The molecule has 0 N–H and O–H groups in total. The summed E-state index contributed by atoms with van der Waals surface area (Å²) in [7, 11) is 0. The molecule has 0 atom stereocenters. The van der Waals surface area contributed by atoms with E-state index in [4.69, 9.17) is 11.6 Å². The number of hydrogen-bond donors (Lipinski definition) is 0. The van der Waals surface area contributed by atoms with Gasteiger partial charge >= 0.3 is 0 Å². The average molecular weight is 386 g/mol. The van der Waals surface area contributed by atoms with Gasteiger partial charge in [0.05, 0.1) is 4.88 Å². The van der Waals surface area contributed by atoms with Crippen molar-refractivity contribution in [2.45, 2.75) is 0 Å². The van der Waals surface area contributed by atoms with Crippen LogP contribution in [-0.2, 0) is 0 Å². The van der Waals surface area contributed by atoms with Crippen LogP contribution in [0.5, 0.6) is 0 Å². The molecular formula is C15H14BrClN2OS. The summed E-state index contributed by atoms with van der Waals surface area (Å²) >= 11 is 10.9. The Labute approximate surface area is 141 Å². The van der Waals surface area contributed by atoms with Crippen molar-refractivity contribution in [2.75, 3.05) is 31.1 Å². The molecule has 1 aromatic heterocycles. The fourth-order valence-corrected chi connectivity index (χ4v) is 4.00. The van der Waals surface area contributed by atoms with Crippen LogP contribution in [0.4, 0.5) is 5.69 Å². The lowest BCUT2D eigenvalue weighted by molar-refractivity contribution is 0.0751. The molecule has 0 bridgehead atoms. The molecule has 1 aliphatic heterocycles. The molecule has 3 rings (SSSR count). The van der Waals surface area contributed by atoms with Crippen LogP contribution in [0.1, 0.15) is 9.67 Å². The highest BCUT2D eigenvalue weighted by molar-refractivity contribution is 9.10. The Bertz CT molecular complexity index is 653. The first-order valence-corrected chi connectivity index (χ1v) is 8.72. The second kappa shape index (κ2) is 6.38. The monoisotopic (exact) mass is 384 g/mol. The summed E-state index contributed by atoms with van der Waals surface area (Å²) in [6.07, 6.45) is 0. The van der Waals surface area contributed by atoms with Crippen molar-refractivity contribution in [3.63, 3.8) is 0 Å². The summed E-state index contributed by atoms with van der Waals surface area (Å²) in [5, 5.41) is 2.68. The molecule has 110 valence electrons. The molecule has 6 heteroatoms. The number of anilines is 1. The first kappa shape index (κ1) is 14.9. The summed E-state index contributed by atoms with van der Waals surface area (Å²) in [6, 6.07) is 9.74. The topological polar surface area (TPSA) is 23.6 Å². The van der Waals surface area contributed by atoms with Crippen LogP contribution < -0.4 is 4.90 Å². The third-order valence-electron chi connectivity index (χ3n) is 3.52. The smallest absolute Gasteiger partial charge is 0.264 e. The molecule has 1 aliphatic rings. The molecule has 0 saturated carbocycles. The van der Waals surface area contributed by atoms with Gasteiger partial charge < -0.3 is 9.80 Å². The first-order valence-electron chi connectivity index (χ1n) is 6.67. The number of halogens is 2. The lowest BCUT2D eigenvalue weighted by Gasteiger charge is -2.36. The number of carbonyl (C=O) groups is 1. The Morgan fingerprint density at radius 1 is 1.19 bits per heavy atom. The van der Waals surface area contributed by atoms with E-state index in [1.165, 1.54) is 11.3 Å². The summed E-state index contributed by atoms with van der Waals surface area (Å²) < 4.78 is 0.966. The van der Waals surface area contributed by atoms with E-state index in [-0.39, 0.29) is 5.91 Å². The number of hydrogen-bond acceptors (Lipinski definition) is 3. The van der Waals surface area contributed by atoms with Gasteiger partial charge in [-0.25, -0.2) is 0 Å². The van der Waals surface area contributed by atoms with Crippen LogP contribution in [0.2, 0.25) is 5.02 Å². The molecule has 0 radical (unpaired) electrons. The number of carbonyl (C=O) groups excluding carboxylic acids is 1. The third-order valence-corrected chi connectivity index (χ3v) is 5.43. The van der Waals surface area contributed by atoms with Crippen molar-refractivity contribution in [3.05, 3.63) is 50.1 Å². The molecule has 3 nitrogen and oxygen atoms in total. The van der Waals surface area contributed by atoms with Gasteiger partial charge in [0.15, 0.2) is 0 Å². The zero-order chi connectivity index (χ0) is 14.8. The zero-order valence-corrected chi connectivity index (χ0v) is 14.4. The number of thiophene rings is 1. The molecule has 1 amide bonds. The first-order chi connectivity index (χ1) is 10.1. The molecule has 1 fully saturated rings. The van der Waals surface area contributed by atoms with E-state index in [2.05, 4.69) is 26.9 Å². The Morgan fingerprint density at radius 3 is 2.57 bits per heavy atom. The minimum Gasteiger partial charge on any atom is -0.368 e. The standard InChI is InChI=1S/C15H14BrClN2OS/c16-11-8-14(21-10-11)15(20)19-6-4-18(5-7-19)13-3-1-2-12(17)9-13/h1-3,8-10H,4-7H2. The fourth-order valence-electron chi connectivity index (χ4n) is 2.42. The number of nitrogens with zero attached hydrogens (tertiary/aromatic N) is 2. The van der Waals surface area contributed by atoms with Crippen LogP contribution in [-0.4, -0.2) is 37.0 Å². The Hall–Kier alpha value is -1.04. The highest BCUT2D eigenvalue weighted by Crippen LogP contribution is 2.24. The summed E-state index contributed by atoms with van der Waals surface area (Å²) in [6.45, 7) is 3.14. The molecule has 0 aliphatic carbocycles. The minimum atomic E-state index is 0.122. The van der Waals surface area contributed by atoms with Gasteiger partial charge in [-0.2, -0.15) is 0 Å². The van der Waals surface area contributed by atoms with Crippen LogP contribution >= 0.6 is 38.9 Å². The quantitative estimate of drug-likeness (QED) is 0.776. The van der Waals surface area contributed by atoms with E-state index in [1.54, 1.807) is 0 Å². The number of benzene rings is 1. The van der Waals surface area contributed by atoms with Crippen molar-refractivity contribution in [2.24, 2.45) is 0 Å². The highest BCUT2D eigenvalue weighted by atomic mass is 79.9. The van der Waals surface area contributed by atoms with E-state index in [1.807, 2.05) is 34.5 Å². The van der Waals surface area contributed by atoms with Crippen molar-refractivity contribution in [1.29, 1.82) is 0 Å². The van der Waals surface area contributed by atoms with E-state index >= 15 is 0 Å². The summed E-state index contributed by atoms with van der Waals surface area (Å²) in [5.41, 5.74) is 1.12. The fraction of sp³-hybridized carbons (Fsp3) is 0.267. The molecule has 2 heterocycles. The molecule has 1 saturated heterocycles. The molecule has 0 unspecified atom stereocenters. The minimum absolute atomic E-state index is 0.122. The average Bonchev–Trinajstić information content (AvgIpc) is 2.93. The van der Waals surface area contributed by atoms with Crippen molar-refractivity contribution < 1.29 is 4.79 Å². The predicted octanol–water partition coefficient (Wildman–Crippen LogP) is 4.13. The summed E-state index contributed by atoms with van der Waals surface area (Å²) in [5.74, 6) is 0.122. The van der Waals surface area contributed by atoms with Gasteiger partial charge in [-0.3, -0.25) is 4.79 Å². The predicted molar refractivity (Wildman–Crippen MR) is 91.6 cm³/mol. The molecular weight excluding hydrogens is 372 g/mol. The van der Waals surface area contributed by atoms with Crippen LogP contribution in [0.3, 0.4) is 0 Å². The van der Waals surface area contributed by atoms with E-state index in [9.17, 15) is 4.79 Å². The van der Waals surface area contributed by atoms with Gasteiger partial charge in [-0.15, -0.1) is 11.3 Å². The highest BCUT2D eigenvalue weighted by Gasteiger charge is 2.23. The summed E-state index contributed by atoms with van der Waals surface area (Å²) in [4.78, 5) is 17.4. The zero-order valence-electron chi connectivity index (χ0n) is 11.3. The molecule has 21 heavy (non-hydrogen) atoms. The van der Waals surface area contributed by atoms with Crippen molar-refractivity contribution >= 4 is 50.5 Å². The van der Waals surface area contributed by atoms with Crippen LogP contribution in [0, 0.1) is 0 Å². The second-order valence-corrected chi connectivity index (χ2v) is 7.15. The van der Waals surface area contributed by atoms with Gasteiger partial charge in [0.25, 0.3) is 5.91 Å². The normalized spacial score (nSPS) is 15.3. The Kier molecular flexibility index (Phi) is 4.52.